The predicted molar refractivity (Wildman–Crippen MR) is 60.5 cm³/mol. The van der Waals surface area contributed by atoms with Crippen molar-refractivity contribution in [2.24, 2.45) is 17.6 Å². The predicted octanol–water partition coefficient (Wildman–Crippen LogP) is 0.190. The molecule has 82 valence electrons. The number of nitrogens with two attached hydrogens (primary N) is 1. The molecule has 1 fully saturated rings. The number of hydrogen-bond donors (Lipinski definition) is 1. The minimum absolute atomic E-state index is 0.0391. The quantitative estimate of drug-likeness (QED) is 0.711. The van der Waals surface area contributed by atoms with Crippen LogP contribution in [-0.2, 0) is 10.0 Å². The minimum atomic E-state index is -3.26. The van der Waals surface area contributed by atoms with Crippen LogP contribution in [0.4, 0.5) is 0 Å². The molecule has 2 N–H and O–H groups in total. The van der Waals surface area contributed by atoms with E-state index in [0.29, 0.717) is 24.9 Å². The number of sulfonamides is 1. The van der Waals surface area contributed by atoms with Gasteiger partial charge in [0, 0.05) is 13.1 Å². The van der Waals surface area contributed by atoms with E-state index in [1.165, 1.54) is 4.31 Å². The van der Waals surface area contributed by atoms with Crippen LogP contribution in [0.1, 0.15) is 13.8 Å². The van der Waals surface area contributed by atoms with Crippen LogP contribution in [0.15, 0.2) is 0 Å². The molecule has 0 saturated carbocycles. The van der Waals surface area contributed by atoms with Crippen LogP contribution in [0.2, 0.25) is 0 Å². The molecule has 0 radical (unpaired) electrons. The fraction of sp³-hybridized carbons (Fsp3) is 0.875. The molecule has 1 heterocycles. The molecule has 0 aromatic carbocycles. The van der Waals surface area contributed by atoms with E-state index in [1.54, 1.807) is 0 Å². The van der Waals surface area contributed by atoms with Gasteiger partial charge in [-0.1, -0.05) is 26.1 Å². The third kappa shape index (κ3) is 2.65. The summed E-state index contributed by atoms with van der Waals surface area (Å²) in [4.78, 5) is 0.0391. The summed E-state index contributed by atoms with van der Waals surface area (Å²) in [5.41, 5.74) is 5.24. The lowest BCUT2D eigenvalue weighted by Gasteiger charge is -2.15. The van der Waals surface area contributed by atoms with Crippen LogP contribution >= 0.6 is 12.2 Å². The molecule has 2 atom stereocenters. The maximum Gasteiger partial charge on any atom is 0.220 e. The van der Waals surface area contributed by atoms with Crippen molar-refractivity contribution in [3.05, 3.63) is 0 Å². The van der Waals surface area contributed by atoms with Crippen molar-refractivity contribution in [1.82, 2.24) is 4.31 Å². The highest BCUT2D eigenvalue weighted by Gasteiger charge is 2.33. The smallest absolute Gasteiger partial charge is 0.220 e. The highest BCUT2D eigenvalue weighted by Crippen LogP contribution is 2.24. The SMILES string of the molecule is CC1CN(S(=O)(=O)CC(N)=S)CC1C. The van der Waals surface area contributed by atoms with Gasteiger partial charge < -0.3 is 5.73 Å². The fourth-order valence-corrected chi connectivity index (χ4v) is 3.49. The average Bonchev–Trinajstić information content (AvgIpc) is 2.30. The van der Waals surface area contributed by atoms with E-state index in [-0.39, 0.29) is 10.7 Å². The highest BCUT2D eigenvalue weighted by atomic mass is 32.2. The van der Waals surface area contributed by atoms with Crippen LogP contribution in [0, 0.1) is 11.8 Å². The van der Waals surface area contributed by atoms with Crippen molar-refractivity contribution in [1.29, 1.82) is 0 Å². The second-order valence-corrected chi connectivity index (χ2v) is 6.49. The fourth-order valence-electron chi connectivity index (χ4n) is 1.58. The van der Waals surface area contributed by atoms with E-state index in [1.807, 2.05) is 0 Å². The van der Waals surface area contributed by atoms with Crippen molar-refractivity contribution in [2.45, 2.75) is 13.8 Å². The lowest BCUT2D eigenvalue weighted by Crippen LogP contribution is -2.35. The first kappa shape index (κ1) is 11.9. The third-order valence-electron chi connectivity index (χ3n) is 2.67. The van der Waals surface area contributed by atoms with Gasteiger partial charge in [0.15, 0.2) is 0 Å². The van der Waals surface area contributed by atoms with E-state index < -0.39 is 10.0 Å². The zero-order chi connectivity index (χ0) is 10.9. The first-order valence-corrected chi connectivity index (χ1v) is 6.61. The maximum absolute atomic E-state index is 11.7. The minimum Gasteiger partial charge on any atom is -0.392 e. The van der Waals surface area contributed by atoms with E-state index in [2.05, 4.69) is 26.1 Å². The standard InChI is InChI=1S/C8H16N2O2S2/c1-6-3-10(4-7(6)2)14(11,12)5-8(9)13/h6-7H,3-5H2,1-2H3,(H2,9,13). The van der Waals surface area contributed by atoms with E-state index in [9.17, 15) is 8.42 Å². The summed E-state index contributed by atoms with van der Waals surface area (Å²) in [6.45, 7) is 5.29. The lowest BCUT2D eigenvalue weighted by molar-refractivity contribution is 0.466. The molecule has 0 amide bonds. The molecule has 1 aliphatic rings. The van der Waals surface area contributed by atoms with Gasteiger partial charge in [0.2, 0.25) is 10.0 Å². The molecule has 0 bridgehead atoms. The van der Waals surface area contributed by atoms with Crippen molar-refractivity contribution in [2.75, 3.05) is 18.8 Å². The Hall–Kier alpha value is -0.200. The van der Waals surface area contributed by atoms with Crippen molar-refractivity contribution < 1.29 is 8.42 Å². The van der Waals surface area contributed by atoms with Gasteiger partial charge in [-0.15, -0.1) is 0 Å². The van der Waals surface area contributed by atoms with E-state index in [0.717, 1.165) is 0 Å². The van der Waals surface area contributed by atoms with E-state index in [4.69, 9.17) is 5.73 Å². The summed E-state index contributed by atoms with van der Waals surface area (Å²) in [5.74, 6) is 0.620. The Balaban J connectivity index is 2.71. The van der Waals surface area contributed by atoms with Crippen LogP contribution in [0.25, 0.3) is 0 Å². The molecule has 4 nitrogen and oxygen atoms in total. The molecule has 0 spiro atoms. The summed E-state index contributed by atoms with van der Waals surface area (Å²) in [6, 6.07) is 0. The molecule has 14 heavy (non-hydrogen) atoms. The van der Waals surface area contributed by atoms with Gasteiger partial charge >= 0.3 is 0 Å². The molecular formula is C8H16N2O2S2. The van der Waals surface area contributed by atoms with Crippen LogP contribution in [0.3, 0.4) is 0 Å². The Labute approximate surface area is 90.5 Å². The summed E-state index contributed by atoms with van der Waals surface area (Å²) < 4.78 is 24.9. The van der Waals surface area contributed by atoms with Crippen LogP contribution < -0.4 is 5.73 Å². The lowest BCUT2D eigenvalue weighted by atomic mass is 10.0. The number of hydrogen-bond acceptors (Lipinski definition) is 3. The second kappa shape index (κ2) is 4.12. The molecule has 1 saturated heterocycles. The van der Waals surface area contributed by atoms with Crippen molar-refractivity contribution >= 4 is 27.2 Å². The molecule has 0 aliphatic carbocycles. The van der Waals surface area contributed by atoms with Gasteiger partial charge in [-0.25, -0.2) is 12.7 Å². The molecular weight excluding hydrogens is 220 g/mol. The molecule has 1 aliphatic heterocycles. The van der Waals surface area contributed by atoms with Gasteiger partial charge in [0.05, 0.1) is 4.99 Å². The summed E-state index contributed by atoms with van der Waals surface area (Å²) in [7, 11) is -3.26. The second-order valence-electron chi connectivity index (χ2n) is 3.99. The Morgan fingerprint density at radius 3 is 2.21 bits per heavy atom. The molecule has 0 aromatic heterocycles. The molecule has 1 rings (SSSR count). The first-order valence-electron chi connectivity index (χ1n) is 4.59. The Morgan fingerprint density at radius 2 is 1.86 bits per heavy atom. The average molecular weight is 236 g/mol. The van der Waals surface area contributed by atoms with Crippen LogP contribution in [0.5, 0.6) is 0 Å². The summed E-state index contributed by atoms with van der Waals surface area (Å²) in [5, 5.41) is 0. The zero-order valence-electron chi connectivity index (χ0n) is 8.43. The van der Waals surface area contributed by atoms with Gasteiger partial charge in [-0.05, 0) is 11.8 Å². The topological polar surface area (TPSA) is 63.4 Å². The normalized spacial score (nSPS) is 29.3. The molecule has 2 unspecified atom stereocenters. The van der Waals surface area contributed by atoms with Gasteiger partial charge in [0.25, 0.3) is 0 Å². The van der Waals surface area contributed by atoms with Crippen LogP contribution in [-0.4, -0.2) is 36.6 Å². The Kier molecular flexibility index (Phi) is 3.49. The monoisotopic (exact) mass is 236 g/mol. The Morgan fingerprint density at radius 1 is 1.43 bits per heavy atom. The van der Waals surface area contributed by atoms with Crippen molar-refractivity contribution in [3.63, 3.8) is 0 Å². The number of thiocarbonyl (C=S) groups is 1. The molecule has 0 aromatic rings. The largest absolute Gasteiger partial charge is 0.392 e. The van der Waals surface area contributed by atoms with Gasteiger partial charge in [0.1, 0.15) is 5.75 Å². The Bertz CT molecular complexity index is 316. The number of rotatable bonds is 3. The maximum atomic E-state index is 11.7. The third-order valence-corrected chi connectivity index (χ3v) is 4.76. The highest BCUT2D eigenvalue weighted by molar-refractivity contribution is 7.92. The summed E-state index contributed by atoms with van der Waals surface area (Å²) in [6.07, 6.45) is 0. The van der Waals surface area contributed by atoms with E-state index >= 15 is 0 Å². The van der Waals surface area contributed by atoms with Gasteiger partial charge in [-0.3, -0.25) is 0 Å². The first-order chi connectivity index (χ1) is 6.33. The van der Waals surface area contributed by atoms with Crippen molar-refractivity contribution in [3.8, 4) is 0 Å². The summed E-state index contributed by atoms with van der Waals surface area (Å²) >= 11 is 4.61. The van der Waals surface area contributed by atoms with Gasteiger partial charge in [-0.2, -0.15) is 0 Å². The zero-order valence-corrected chi connectivity index (χ0v) is 10.1. The molecule has 6 heteroatoms. The number of nitrogens with zero attached hydrogens (tertiary/aromatic N) is 1.